The second-order valence-electron chi connectivity index (χ2n) is 11.6. The minimum absolute atomic E-state index is 0.0366. The predicted molar refractivity (Wildman–Crippen MR) is 150 cm³/mol. The van der Waals surface area contributed by atoms with Gasteiger partial charge in [0.15, 0.2) is 0 Å². The van der Waals surface area contributed by atoms with Gasteiger partial charge < -0.3 is 20.4 Å². The zero-order chi connectivity index (χ0) is 27.6. The van der Waals surface area contributed by atoms with E-state index in [1.807, 2.05) is 0 Å². The highest BCUT2D eigenvalue weighted by Crippen LogP contribution is 2.49. The Bertz CT molecular complexity index is 1200. The molecular formula is C30H40N6O3. The molecule has 2 aliphatic carbocycles. The summed E-state index contributed by atoms with van der Waals surface area (Å²) in [5.74, 6) is 0.209. The summed E-state index contributed by atoms with van der Waals surface area (Å²) < 4.78 is 0. The molecule has 2 aromatic rings. The molecule has 5 rings (SSSR count). The van der Waals surface area contributed by atoms with E-state index in [0.717, 1.165) is 32.2 Å². The van der Waals surface area contributed by atoms with Gasteiger partial charge in [-0.3, -0.25) is 14.5 Å². The Kier molecular flexibility index (Phi) is 7.62. The van der Waals surface area contributed by atoms with Gasteiger partial charge >= 0.3 is 6.03 Å². The minimum atomic E-state index is -0.323. The van der Waals surface area contributed by atoms with Crippen LogP contribution >= 0.6 is 0 Å². The van der Waals surface area contributed by atoms with Crippen molar-refractivity contribution in [3.63, 3.8) is 0 Å². The van der Waals surface area contributed by atoms with Crippen molar-refractivity contribution in [2.75, 3.05) is 46.1 Å². The summed E-state index contributed by atoms with van der Waals surface area (Å²) in [6.45, 7) is 1.29. The summed E-state index contributed by atoms with van der Waals surface area (Å²) in [6.07, 6.45) is 7.26. The Morgan fingerprint density at radius 2 is 1.74 bits per heavy atom. The summed E-state index contributed by atoms with van der Waals surface area (Å²) >= 11 is 0. The molecule has 0 unspecified atom stereocenters. The summed E-state index contributed by atoms with van der Waals surface area (Å²) in [5, 5.41) is 5.32. The fraction of sp³-hybridized carbons (Fsp3) is 0.533. The SMILES string of the molecule is CNC(=O)c1cccc(NC(=O)CN2CC3(CCC(c4ccccc4)(N(C)C)CC3)N(CC3CCC3)C2=O)n1. The van der Waals surface area contributed by atoms with Crippen LogP contribution in [0.2, 0.25) is 0 Å². The maximum atomic E-state index is 13.8. The Labute approximate surface area is 230 Å². The van der Waals surface area contributed by atoms with E-state index in [1.165, 1.54) is 31.9 Å². The lowest BCUT2D eigenvalue weighted by Gasteiger charge is -2.51. The lowest BCUT2D eigenvalue weighted by atomic mass is 9.68. The van der Waals surface area contributed by atoms with Crippen LogP contribution in [0, 0.1) is 5.92 Å². The molecule has 0 radical (unpaired) electrons. The molecule has 9 heteroatoms. The van der Waals surface area contributed by atoms with E-state index >= 15 is 0 Å². The van der Waals surface area contributed by atoms with Gasteiger partial charge in [-0.1, -0.05) is 42.8 Å². The highest BCUT2D eigenvalue weighted by atomic mass is 16.2. The smallest absolute Gasteiger partial charge is 0.321 e. The Morgan fingerprint density at radius 3 is 2.36 bits per heavy atom. The molecule has 9 nitrogen and oxygen atoms in total. The van der Waals surface area contributed by atoms with Gasteiger partial charge in [0.25, 0.3) is 5.91 Å². The van der Waals surface area contributed by atoms with Gasteiger partial charge in [0.2, 0.25) is 5.91 Å². The van der Waals surface area contributed by atoms with Crippen LogP contribution in [-0.2, 0) is 10.3 Å². The molecule has 4 amide bonds. The number of aromatic nitrogens is 1. The molecular weight excluding hydrogens is 492 g/mol. The van der Waals surface area contributed by atoms with Crippen LogP contribution in [-0.4, -0.2) is 83.8 Å². The number of urea groups is 1. The molecule has 1 aromatic heterocycles. The number of carbonyl (C=O) groups excluding carboxylic acids is 3. The third kappa shape index (κ3) is 5.24. The normalized spacial score (nSPS) is 25.2. The van der Waals surface area contributed by atoms with Crippen molar-refractivity contribution in [2.24, 2.45) is 5.92 Å². The molecule has 208 valence electrons. The lowest BCUT2D eigenvalue weighted by Crippen LogP contribution is -2.56. The maximum absolute atomic E-state index is 13.8. The summed E-state index contributed by atoms with van der Waals surface area (Å²) in [4.78, 5) is 49.1. The average Bonchev–Trinajstić information content (AvgIpc) is 3.16. The van der Waals surface area contributed by atoms with Crippen molar-refractivity contribution < 1.29 is 14.4 Å². The molecule has 2 N–H and O–H groups in total. The Balaban J connectivity index is 1.32. The zero-order valence-electron chi connectivity index (χ0n) is 23.3. The molecule has 2 saturated carbocycles. The molecule has 1 aliphatic heterocycles. The van der Waals surface area contributed by atoms with Crippen LogP contribution < -0.4 is 10.6 Å². The number of benzene rings is 1. The number of hydrogen-bond donors (Lipinski definition) is 2. The van der Waals surface area contributed by atoms with E-state index in [0.29, 0.717) is 18.3 Å². The number of carbonyl (C=O) groups is 3. The van der Waals surface area contributed by atoms with Crippen molar-refractivity contribution in [2.45, 2.75) is 56.0 Å². The summed E-state index contributed by atoms with van der Waals surface area (Å²) in [5.41, 5.74) is 1.22. The van der Waals surface area contributed by atoms with Crippen LogP contribution in [0.3, 0.4) is 0 Å². The fourth-order valence-corrected chi connectivity index (χ4v) is 6.62. The highest BCUT2D eigenvalue weighted by molar-refractivity contribution is 5.96. The number of nitrogens with zero attached hydrogens (tertiary/aromatic N) is 4. The molecule has 39 heavy (non-hydrogen) atoms. The van der Waals surface area contributed by atoms with Crippen molar-refractivity contribution in [3.8, 4) is 0 Å². The lowest BCUT2D eigenvalue weighted by molar-refractivity contribution is -0.116. The molecule has 0 bridgehead atoms. The van der Waals surface area contributed by atoms with Gasteiger partial charge in [0.05, 0.1) is 5.54 Å². The Morgan fingerprint density at radius 1 is 1.03 bits per heavy atom. The second kappa shape index (κ2) is 11.0. The van der Waals surface area contributed by atoms with Gasteiger partial charge in [0, 0.05) is 25.7 Å². The predicted octanol–water partition coefficient (Wildman–Crippen LogP) is 3.69. The fourth-order valence-electron chi connectivity index (χ4n) is 6.62. The topological polar surface area (TPSA) is 97.9 Å². The van der Waals surface area contributed by atoms with E-state index in [-0.39, 0.29) is 41.2 Å². The summed E-state index contributed by atoms with van der Waals surface area (Å²) in [7, 11) is 5.84. The van der Waals surface area contributed by atoms with Crippen molar-refractivity contribution in [3.05, 3.63) is 59.8 Å². The molecule has 3 fully saturated rings. The van der Waals surface area contributed by atoms with Crippen molar-refractivity contribution in [1.82, 2.24) is 25.0 Å². The number of hydrogen-bond acceptors (Lipinski definition) is 5. The first-order valence-corrected chi connectivity index (χ1v) is 14.0. The maximum Gasteiger partial charge on any atom is 0.321 e. The van der Waals surface area contributed by atoms with Gasteiger partial charge in [-0.25, -0.2) is 9.78 Å². The third-order valence-electron chi connectivity index (χ3n) is 9.21. The van der Waals surface area contributed by atoms with Crippen LogP contribution in [0.1, 0.15) is 61.0 Å². The van der Waals surface area contributed by atoms with Gasteiger partial charge in [-0.05, 0) is 76.2 Å². The zero-order valence-corrected chi connectivity index (χ0v) is 23.3. The van der Waals surface area contributed by atoms with E-state index in [1.54, 1.807) is 23.1 Å². The number of amides is 4. The number of anilines is 1. The molecule has 3 aliphatic rings. The standard InChI is InChI=1S/C30H40N6O3/c1-31-27(38)24-13-8-14-25(32-24)33-26(37)20-35-21-29(36(28(35)39)19-22-9-7-10-22)15-17-30(18-16-29,34(2)3)23-11-5-4-6-12-23/h4-6,8,11-14,22H,7,9-10,15-21H2,1-3H3,(H,31,38)(H,32,33,37). The first-order chi connectivity index (χ1) is 18.8. The molecule has 2 heterocycles. The second-order valence-corrected chi connectivity index (χ2v) is 11.6. The first-order valence-electron chi connectivity index (χ1n) is 14.0. The quantitative estimate of drug-likeness (QED) is 0.541. The van der Waals surface area contributed by atoms with Crippen LogP contribution in [0.4, 0.5) is 10.6 Å². The van der Waals surface area contributed by atoms with Gasteiger partial charge in [-0.2, -0.15) is 0 Å². The monoisotopic (exact) mass is 532 g/mol. The van der Waals surface area contributed by atoms with E-state index in [2.05, 4.69) is 69.8 Å². The largest absolute Gasteiger partial charge is 0.354 e. The summed E-state index contributed by atoms with van der Waals surface area (Å²) in [6, 6.07) is 15.6. The van der Waals surface area contributed by atoms with E-state index in [9.17, 15) is 14.4 Å². The Hall–Kier alpha value is -3.46. The van der Waals surface area contributed by atoms with Crippen LogP contribution in [0.25, 0.3) is 0 Å². The van der Waals surface area contributed by atoms with Gasteiger partial charge in [0.1, 0.15) is 18.1 Å². The minimum Gasteiger partial charge on any atom is -0.354 e. The van der Waals surface area contributed by atoms with Gasteiger partial charge in [-0.15, -0.1) is 0 Å². The van der Waals surface area contributed by atoms with E-state index in [4.69, 9.17) is 0 Å². The average molecular weight is 533 g/mol. The van der Waals surface area contributed by atoms with E-state index < -0.39 is 0 Å². The van der Waals surface area contributed by atoms with Crippen molar-refractivity contribution in [1.29, 1.82) is 0 Å². The van der Waals surface area contributed by atoms with Crippen LogP contribution in [0.5, 0.6) is 0 Å². The highest BCUT2D eigenvalue weighted by Gasteiger charge is 2.55. The molecule has 1 saturated heterocycles. The number of rotatable bonds is 8. The number of nitrogens with one attached hydrogen (secondary N) is 2. The number of pyridine rings is 1. The molecule has 1 aromatic carbocycles. The first kappa shape index (κ1) is 27.1. The molecule has 0 atom stereocenters. The van der Waals surface area contributed by atoms with Crippen molar-refractivity contribution >= 4 is 23.7 Å². The van der Waals surface area contributed by atoms with Crippen LogP contribution in [0.15, 0.2) is 48.5 Å². The third-order valence-corrected chi connectivity index (χ3v) is 9.21. The molecule has 1 spiro atoms.